The summed E-state index contributed by atoms with van der Waals surface area (Å²) in [7, 11) is 1.38. The molecule has 0 fully saturated rings. The van der Waals surface area contributed by atoms with Gasteiger partial charge in [-0.3, -0.25) is 4.79 Å². The van der Waals surface area contributed by atoms with Gasteiger partial charge >= 0.3 is 5.97 Å². The Morgan fingerprint density at radius 1 is 1.35 bits per heavy atom. The molecule has 0 unspecified atom stereocenters. The molecule has 0 heterocycles. The number of benzene rings is 1. The lowest BCUT2D eigenvalue weighted by Gasteiger charge is -2.18. The van der Waals surface area contributed by atoms with Crippen molar-refractivity contribution in [1.29, 1.82) is 0 Å². The molecule has 0 bridgehead atoms. The SMILES string of the molecule is CC[C@H](O)C[C@@H](C(=O)OC)c1ccc(C)cc1. The van der Waals surface area contributed by atoms with Crippen LogP contribution in [0.25, 0.3) is 0 Å². The predicted molar refractivity (Wildman–Crippen MR) is 66.9 cm³/mol. The maximum atomic E-state index is 11.7. The summed E-state index contributed by atoms with van der Waals surface area (Å²) in [5.74, 6) is -0.670. The average Bonchev–Trinajstić information content (AvgIpc) is 2.36. The standard InChI is InChI=1S/C14H20O3/c1-4-12(15)9-13(14(16)17-3)11-7-5-10(2)6-8-11/h5-8,12-13,15H,4,9H2,1-3H3/t12-,13+/m0/s1. The van der Waals surface area contributed by atoms with Crippen molar-refractivity contribution in [1.82, 2.24) is 0 Å². The van der Waals surface area contributed by atoms with Gasteiger partial charge in [-0.2, -0.15) is 0 Å². The number of methoxy groups -OCH3 is 1. The summed E-state index contributed by atoms with van der Waals surface area (Å²) >= 11 is 0. The monoisotopic (exact) mass is 236 g/mol. The first kappa shape index (κ1) is 13.7. The van der Waals surface area contributed by atoms with Gasteiger partial charge < -0.3 is 9.84 Å². The van der Waals surface area contributed by atoms with E-state index in [1.165, 1.54) is 7.11 Å². The first-order valence-electron chi connectivity index (χ1n) is 5.91. The van der Waals surface area contributed by atoms with E-state index in [2.05, 4.69) is 0 Å². The molecule has 1 aromatic rings. The van der Waals surface area contributed by atoms with Gasteiger partial charge in [0.15, 0.2) is 0 Å². The second kappa shape index (κ2) is 6.40. The molecule has 3 nitrogen and oxygen atoms in total. The summed E-state index contributed by atoms with van der Waals surface area (Å²) in [6.45, 7) is 3.89. The van der Waals surface area contributed by atoms with Gasteiger partial charge in [0.25, 0.3) is 0 Å². The zero-order valence-corrected chi connectivity index (χ0v) is 10.6. The molecule has 1 N–H and O–H groups in total. The number of aryl methyl sites for hydroxylation is 1. The maximum Gasteiger partial charge on any atom is 0.313 e. The number of ether oxygens (including phenoxy) is 1. The highest BCUT2D eigenvalue weighted by Gasteiger charge is 2.23. The van der Waals surface area contributed by atoms with Crippen LogP contribution in [0.15, 0.2) is 24.3 Å². The highest BCUT2D eigenvalue weighted by Crippen LogP contribution is 2.24. The van der Waals surface area contributed by atoms with Crippen LogP contribution in [0.2, 0.25) is 0 Å². The minimum atomic E-state index is -0.472. The number of aliphatic hydroxyl groups excluding tert-OH is 1. The Morgan fingerprint density at radius 2 is 1.94 bits per heavy atom. The van der Waals surface area contributed by atoms with Crippen LogP contribution in [0.4, 0.5) is 0 Å². The molecule has 94 valence electrons. The number of aliphatic hydroxyl groups is 1. The second-order valence-electron chi connectivity index (χ2n) is 4.28. The Kier molecular flexibility index (Phi) is 5.16. The number of hydrogen-bond acceptors (Lipinski definition) is 3. The van der Waals surface area contributed by atoms with E-state index in [0.717, 1.165) is 11.1 Å². The van der Waals surface area contributed by atoms with Crippen LogP contribution in [-0.4, -0.2) is 24.3 Å². The zero-order valence-electron chi connectivity index (χ0n) is 10.6. The Morgan fingerprint density at radius 3 is 2.41 bits per heavy atom. The van der Waals surface area contributed by atoms with E-state index in [0.29, 0.717) is 12.8 Å². The number of hydrogen-bond donors (Lipinski definition) is 1. The van der Waals surface area contributed by atoms with Gasteiger partial charge in [-0.1, -0.05) is 36.8 Å². The Hall–Kier alpha value is -1.35. The van der Waals surface area contributed by atoms with Gasteiger partial charge in [0.2, 0.25) is 0 Å². The summed E-state index contributed by atoms with van der Waals surface area (Å²) in [5.41, 5.74) is 2.04. The van der Waals surface area contributed by atoms with E-state index in [-0.39, 0.29) is 11.9 Å². The van der Waals surface area contributed by atoms with Gasteiger partial charge in [0.05, 0.1) is 19.1 Å². The summed E-state index contributed by atoms with van der Waals surface area (Å²) in [4.78, 5) is 11.7. The molecule has 0 aliphatic carbocycles. The van der Waals surface area contributed by atoms with Crippen LogP contribution in [-0.2, 0) is 9.53 Å². The predicted octanol–water partition coefficient (Wildman–Crippen LogP) is 2.41. The van der Waals surface area contributed by atoms with Gasteiger partial charge in [-0.05, 0) is 25.3 Å². The van der Waals surface area contributed by atoms with E-state index in [1.54, 1.807) is 0 Å². The molecule has 0 amide bonds. The molecule has 0 aromatic heterocycles. The Labute approximate surface area is 102 Å². The lowest BCUT2D eigenvalue weighted by molar-refractivity contribution is -0.143. The first-order valence-corrected chi connectivity index (χ1v) is 5.91. The minimum Gasteiger partial charge on any atom is -0.469 e. The molecule has 3 heteroatoms. The van der Waals surface area contributed by atoms with E-state index in [9.17, 15) is 9.90 Å². The van der Waals surface area contributed by atoms with Crippen LogP contribution < -0.4 is 0 Å². The summed E-state index contributed by atoms with van der Waals surface area (Å²) in [6, 6.07) is 7.76. The van der Waals surface area contributed by atoms with Crippen LogP contribution in [0, 0.1) is 6.92 Å². The molecule has 0 saturated carbocycles. The van der Waals surface area contributed by atoms with Crippen molar-refractivity contribution in [3.63, 3.8) is 0 Å². The summed E-state index contributed by atoms with van der Waals surface area (Å²) < 4.78 is 4.79. The minimum absolute atomic E-state index is 0.290. The summed E-state index contributed by atoms with van der Waals surface area (Å²) in [6.07, 6.45) is 0.575. The topological polar surface area (TPSA) is 46.5 Å². The van der Waals surface area contributed by atoms with Crippen LogP contribution in [0.1, 0.15) is 36.8 Å². The molecule has 0 radical (unpaired) electrons. The molecule has 0 spiro atoms. The van der Waals surface area contributed by atoms with Gasteiger partial charge in [0.1, 0.15) is 0 Å². The van der Waals surface area contributed by atoms with E-state index in [1.807, 2.05) is 38.1 Å². The van der Waals surface area contributed by atoms with E-state index in [4.69, 9.17) is 4.74 Å². The average molecular weight is 236 g/mol. The number of rotatable bonds is 5. The normalized spacial score (nSPS) is 14.1. The molecular weight excluding hydrogens is 216 g/mol. The molecule has 1 aromatic carbocycles. The van der Waals surface area contributed by atoms with Gasteiger partial charge in [-0.15, -0.1) is 0 Å². The molecule has 0 saturated heterocycles. The molecule has 0 aliphatic heterocycles. The molecule has 0 aliphatic rings. The molecule has 2 atom stereocenters. The number of carbonyl (C=O) groups is 1. The largest absolute Gasteiger partial charge is 0.469 e. The van der Waals surface area contributed by atoms with E-state index >= 15 is 0 Å². The number of esters is 1. The Bertz CT molecular complexity index is 356. The van der Waals surface area contributed by atoms with Gasteiger partial charge in [-0.25, -0.2) is 0 Å². The fourth-order valence-corrected chi connectivity index (χ4v) is 1.75. The third-order valence-electron chi connectivity index (χ3n) is 2.94. The van der Waals surface area contributed by atoms with Crippen molar-refractivity contribution in [2.75, 3.05) is 7.11 Å². The van der Waals surface area contributed by atoms with Crippen molar-refractivity contribution >= 4 is 5.97 Å². The van der Waals surface area contributed by atoms with E-state index < -0.39 is 6.10 Å². The van der Waals surface area contributed by atoms with Crippen molar-refractivity contribution in [3.05, 3.63) is 35.4 Å². The Balaban J connectivity index is 2.89. The van der Waals surface area contributed by atoms with Gasteiger partial charge in [0, 0.05) is 0 Å². The van der Waals surface area contributed by atoms with Crippen molar-refractivity contribution in [3.8, 4) is 0 Å². The fraction of sp³-hybridized carbons (Fsp3) is 0.500. The fourth-order valence-electron chi connectivity index (χ4n) is 1.75. The van der Waals surface area contributed by atoms with Crippen LogP contribution in [0.3, 0.4) is 0 Å². The van der Waals surface area contributed by atoms with Crippen LogP contribution >= 0.6 is 0 Å². The third kappa shape index (κ3) is 3.86. The second-order valence-corrected chi connectivity index (χ2v) is 4.28. The quantitative estimate of drug-likeness (QED) is 0.799. The lowest BCUT2D eigenvalue weighted by Crippen LogP contribution is -2.20. The molecule has 17 heavy (non-hydrogen) atoms. The van der Waals surface area contributed by atoms with Crippen molar-refractivity contribution in [2.45, 2.75) is 38.7 Å². The number of carbonyl (C=O) groups excluding carboxylic acids is 1. The first-order chi connectivity index (χ1) is 8.08. The van der Waals surface area contributed by atoms with Crippen LogP contribution in [0.5, 0.6) is 0 Å². The lowest BCUT2D eigenvalue weighted by atomic mass is 9.92. The highest BCUT2D eigenvalue weighted by atomic mass is 16.5. The van der Waals surface area contributed by atoms with Crippen molar-refractivity contribution in [2.24, 2.45) is 0 Å². The maximum absolute atomic E-state index is 11.7. The summed E-state index contributed by atoms with van der Waals surface area (Å²) in [5, 5.41) is 9.68. The highest BCUT2D eigenvalue weighted by molar-refractivity contribution is 5.78. The molecule has 1 rings (SSSR count). The van der Waals surface area contributed by atoms with Crippen molar-refractivity contribution < 1.29 is 14.6 Å². The third-order valence-corrected chi connectivity index (χ3v) is 2.94. The smallest absolute Gasteiger partial charge is 0.313 e. The molecular formula is C14H20O3. The zero-order chi connectivity index (χ0) is 12.8.